The lowest BCUT2D eigenvalue weighted by molar-refractivity contribution is 0.872. The van der Waals surface area contributed by atoms with Crippen LogP contribution in [0.3, 0.4) is 0 Å². The number of nitrogens with zero attached hydrogens (tertiary/aromatic N) is 1. The molecule has 0 aliphatic rings. The SMILES string of the molecule is Cc1ccc(N(C)CCc2ccccc2)c(CBr)c1. The van der Waals surface area contributed by atoms with Gasteiger partial charge in [0.15, 0.2) is 0 Å². The number of anilines is 1. The first-order valence-corrected chi connectivity index (χ1v) is 7.73. The first-order chi connectivity index (χ1) is 9.20. The van der Waals surface area contributed by atoms with Gasteiger partial charge in [0.1, 0.15) is 0 Å². The summed E-state index contributed by atoms with van der Waals surface area (Å²) in [5.74, 6) is 0. The molecule has 0 aliphatic carbocycles. The van der Waals surface area contributed by atoms with Gasteiger partial charge in [-0.1, -0.05) is 64.0 Å². The maximum absolute atomic E-state index is 3.58. The fraction of sp³-hybridized carbons (Fsp3) is 0.294. The Bertz CT molecular complexity index is 522. The average Bonchev–Trinajstić information content (AvgIpc) is 2.45. The number of likely N-dealkylation sites (N-methyl/N-ethyl adjacent to an activating group) is 1. The summed E-state index contributed by atoms with van der Waals surface area (Å²) in [7, 11) is 2.17. The van der Waals surface area contributed by atoms with Gasteiger partial charge in [-0.3, -0.25) is 0 Å². The minimum Gasteiger partial charge on any atom is -0.374 e. The van der Waals surface area contributed by atoms with Gasteiger partial charge in [-0.05, 0) is 30.5 Å². The molecule has 0 amide bonds. The molecular formula is C17H20BrN. The van der Waals surface area contributed by atoms with Crippen LogP contribution in [0.25, 0.3) is 0 Å². The van der Waals surface area contributed by atoms with Crippen LogP contribution < -0.4 is 4.90 Å². The van der Waals surface area contributed by atoms with Gasteiger partial charge in [0.05, 0.1) is 0 Å². The number of rotatable bonds is 5. The fourth-order valence-electron chi connectivity index (χ4n) is 2.26. The van der Waals surface area contributed by atoms with E-state index in [1.54, 1.807) is 0 Å². The van der Waals surface area contributed by atoms with Crippen molar-refractivity contribution in [2.24, 2.45) is 0 Å². The summed E-state index contributed by atoms with van der Waals surface area (Å²) in [5.41, 5.74) is 5.38. The highest BCUT2D eigenvalue weighted by Crippen LogP contribution is 2.23. The zero-order valence-electron chi connectivity index (χ0n) is 11.6. The summed E-state index contributed by atoms with van der Waals surface area (Å²) in [4.78, 5) is 2.34. The largest absolute Gasteiger partial charge is 0.374 e. The molecule has 0 spiro atoms. The van der Waals surface area contributed by atoms with E-state index >= 15 is 0 Å². The van der Waals surface area contributed by atoms with E-state index in [0.717, 1.165) is 18.3 Å². The Labute approximate surface area is 124 Å². The maximum Gasteiger partial charge on any atom is 0.0405 e. The van der Waals surface area contributed by atoms with Crippen molar-refractivity contribution in [3.8, 4) is 0 Å². The Morgan fingerprint density at radius 2 is 1.79 bits per heavy atom. The predicted octanol–water partition coefficient (Wildman–Crippen LogP) is 4.57. The molecule has 0 aromatic heterocycles. The lowest BCUT2D eigenvalue weighted by Gasteiger charge is -2.22. The van der Waals surface area contributed by atoms with E-state index in [1.807, 2.05) is 0 Å². The van der Waals surface area contributed by atoms with E-state index in [0.29, 0.717) is 0 Å². The molecule has 0 fully saturated rings. The summed E-state index contributed by atoms with van der Waals surface area (Å²) < 4.78 is 0. The highest BCUT2D eigenvalue weighted by molar-refractivity contribution is 9.08. The van der Waals surface area contributed by atoms with Crippen molar-refractivity contribution in [3.05, 3.63) is 65.2 Å². The van der Waals surface area contributed by atoms with Gasteiger partial charge in [0.25, 0.3) is 0 Å². The first-order valence-electron chi connectivity index (χ1n) is 6.61. The molecule has 0 aliphatic heterocycles. The van der Waals surface area contributed by atoms with Gasteiger partial charge in [-0.2, -0.15) is 0 Å². The molecule has 0 bridgehead atoms. The number of benzene rings is 2. The van der Waals surface area contributed by atoms with Crippen molar-refractivity contribution >= 4 is 21.6 Å². The Kier molecular flexibility index (Phi) is 5.03. The van der Waals surface area contributed by atoms with Gasteiger partial charge in [0, 0.05) is 24.6 Å². The highest BCUT2D eigenvalue weighted by Gasteiger charge is 2.07. The number of hydrogen-bond donors (Lipinski definition) is 0. The zero-order chi connectivity index (χ0) is 13.7. The molecule has 19 heavy (non-hydrogen) atoms. The second kappa shape index (κ2) is 6.76. The third kappa shape index (κ3) is 3.84. The summed E-state index contributed by atoms with van der Waals surface area (Å²) in [6, 6.07) is 17.3. The van der Waals surface area contributed by atoms with Gasteiger partial charge >= 0.3 is 0 Å². The van der Waals surface area contributed by atoms with Crippen LogP contribution in [0.4, 0.5) is 5.69 Å². The van der Waals surface area contributed by atoms with E-state index in [9.17, 15) is 0 Å². The van der Waals surface area contributed by atoms with Crippen LogP contribution in [0.5, 0.6) is 0 Å². The Balaban J connectivity index is 2.05. The van der Waals surface area contributed by atoms with E-state index in [4.69, 9.17) is 0 Å². The van der Waals surface area contributed by atoms with Crippen LogP contribution in [0.2, 0.25) is 0 Å². The van der Waals surface area contributed by atoms with E-state index in [-0.39, 0.29) is 0 Å². The number of hydrogen-bond acceptors (Lipinski definition) is 1. The molecular weight excluding hydrogens is 298 g/mol. The minimum atomic E-state index is 0.902. The van der Waals surface area contributed by atoms with Crippen molar-refractivity contribution in [2.45, 2.75) is 18.7 Å². The third-order valence-corrected chi connectivity index (χ3v) is 3.97. The molecule has 0 heterocycles. The van der Waals surface area contributed by atoms with Gasteiger partial charge in [-0.25, -0.2) is 0 Å². The summed E-state index contributed by atoms with van der Waals surface area (Å²) in [6.45, 7) is 3.17. The third-order valence-electron chi connectivity index (χ3n) is 3.37. The van der Waals surface area contributed by atoms with E-state index in [1.165, 1.54) is 22.4 Å². The smallest absolute Gasteiger partial charge is 0.0405 e. The molecule has 0 saturated carbocycles. The molecule has 2 aromatic carbocycles. The van der Waals surface area contributed by atoms with Crippen molar-refractivity contribution in [1.29, 1.82) is 0 Å². The summed E-state index contributed by atoms with van der Waals surface area (Å²) >= 11 is 3.58. The molecule has 2 heteroatoms. The fourth-order valence-corrected chi connectivity index (χ4v) is 2.70. The van der Waals surface area contributed by atoms with Crippen molar-refractivity contribution in [2.75, 3.05) is 18.5 Å². The second-order valence-electron chi connectivity index (χ2n) is 4.92. The maximum atomic E-state index is 3.58. The Hall–Kier alpha value is -1.28. The van der Waals surface area contributed by atoms with Gasteiger partial charge in [-0.15, -0.1) is 0 Å². The highest BCUT2D eigenvalue weighted by atomic mass is 79.9. The molecule has 0 saturated heterocycles. The Morgan fingerprint density at radius 1 is 1.05 bits per heavy atom. The lowest BCUT2D eigenvalue weighted by Crippen LogP contribution is -2.21. The van der Waals surface area contributed by atoms with E-state index < -0.39 is 0 Å². The topological polar surface area (TPSA) is 3.24 Å². The predicted molar refractivity (Wildman–Crippen MR) is 87.2 cm³/mol. The van der Waals surface area contributed by atoms with Crippen LogP contribution >= 0.6 is 15.9 Å². The van der Waals surface area contributed by atoms with Crippen LogP contribution in [0.1, 0.15) is 16.7 Å². The van der Waals surface area contributed by atoms with E-state index in [2.05, 4.69) is 83.3 Å². The van der Waals surface area contributed by atoms with Crippen LogP contribution in [0.15, 0.2) is 48.5 Å². The molecule has 2 rings (SSSR count). The zero-order valence-corrected chi connectivity index (χ0v) is 13.2. The molecule has 2 aromatic rings. The lowest BCUT2D eigenvalue weighted by atomic mass is 10.1. The number of halogens is 1. The molecule has 0 N–H and O–H groups in total. The van der Waals surface area contributed by atoms with Crippen molar-refractivity contribution < 1.29 is 0 Å². The first kappa shape index (κ1) is 14.1. The van der Waals surface area contributed by atoms with Crippen molar-refractivity contribution in [1.82, 2.24) is 0 Å². The normalized spacial score (nSPS) is 10.5. The quantitative estimate of drug-likeness (QED) is 0.730. The van der Waals surface area contributed by atoms with Crippen LogP contribution in [-0.2, 0) is 11.8 Å². The van der Waals surface area contributed by atoms with Crippen LogP contribution in [0, 0.1) is 6.92 Å². The molecule has 0 radical (unpaired) electrons. The molecule has 1 nitrogen and oxygen atoms in total. The van der Waals surface area contributed by atoms with Crippen molar-refractivity contribution in [3.63, 3.8) is 0 Å². The van der Waals surface area contributed by atoms with Gasteiger partial charge < -0.3 is 4.90 Å². The number of aryl methyl sites for hydroxylation is 1. The second-order valence-corrected chi connectivity index (χ2v) is 5.48. The standard InChI is InChI=1S/C17H20BrN/c1-14-8-9-17(16(12-14)13-18)19(2)11-10-15-6-4-3-5-7-15/h3-9,12H,10-11,13H2,1-2H3. The molecule has 0 unspecified atom stereocenters. The monoisotopic (exact) mass is 317 g/mol. The number of alkyl halides is 1. The van der Waals surface area contributed by atoms with Crippen LogP contribution in [-0.4, -0.2) is 13.6 Å². The average molecular weight is 318 g/mol. The summed E-state index contributed by atoms with van der Waals surface area (Å²) in [5, 5.41) is 0.902. The molecule has 100 valence electrons. The van der Waals surface area contributed by atoms with Gasteiger partial charge in [0.2, 0.25) is 0 Å². The summed E-state index contributed by atoms with van der Waals surface area (Å²) in [6.07, 6.45) is 1.08. The molecule has 0 atom stereocenters. The Morgan fingerprint density at radius 3 is 2.47 bits per heavy atom. The minimum absolute atomic E-state index is 0.902.